The predicted molar refractivity (Wildman–Crippen MR) is 73.1 cm³/mol. The Labute approximate surface area is 113 Å². The number of amides is 1. The molecule has 0 bridgehead atoms. The third-order valence-electron chi connectivity index (χ3n) is 2.81. The molecule has 0 heterocycles. The van der Waals surface area contributed by atoms with Crippen molar-refractivity contribution < 1.29 is 9.18 Å². The fourth-order valence-electron chi connectivity index (χ4n) is 1.26. The van der Waals surface area contributed by atoms with Crippen LogP contribution in [0.3, 0.4) is 0 Å². The first-order valence-electron chi connectivity index (χ1n) is 5.60. The summed E-state index contributed by atoms with van der Waals surface area (Å²) in [7, 11) is 0. The van der Waals surface area contributed by atoms with Gasteiger partial charge in [-0.25, -0.2) is 4.39 Å². The molecule has 0 unspecified atom stereocenters. The minimum Gasteiger partial charge on any atom is -0.352 e. The van der Waals surface area contributed by atoms with Gasteiger partial charge in [-0.2, -0.15) is 0 Å². The number of halogens is 2. The van der Waals surface area contributed by atoms with Crippen molar-refractivity contribution in [1.29, 1.82) is 0 Å². The highest BCUT2D eigenvalue weighted by atomic mass is 35.5. The fraction of sp³-hybridized carbons (Fsp3) is 0.462. The van der Waals surface area contributed by atoms with Gasteiger partial charge >= 0.3 is 0 Å². The topological polar surface area (TPSA) is 55.1 Å². The lowest BCUT2D eigenvalue weighted by atomic mass is 9.92. The van der Waals surface area contributed by atoms with E-state index >= 15 is 0 Å². The molecule has 0 fully saturated rings. The zero-order chi connectivity index (χ0) is 13.1. The molecule has 1 aromatic rings. The first-order valence-corrected chi connectivity index (χ1v) is 5.60. The second-order valence-electron chi connectivity index (χ2n) is 4.85. The molecule has 0 aliphatic carbocycles. The molecule has 0 aliphatic rings. The molecule has 18 heavy (non-hydrogen) atoms. The maximum absolute atomic E-state index is 13.3. The molecule has 3 N–H and O–H groups in total. The lowest BCUT2D eigenvalue weighted by Gasteiger charge is -2.21. The Morgan fingerprint density at radius 3 is 2.56 bits per heavy atom. The molecule has 5 heteroatoms. The van der Waals surface area contributed by atoms with E-state index in [1.165, 1.54) is 6.07 Å². The van der Waals surface area contributed by atoms with E-state index in [0.717, 1.165) is 5.56 Å². The summed E-state index contributed by atoms with van der Waals surface area (Å²) >= 11 is 0. The van der Waals surface area contributed by atoms with Crippen LogP contribution in [-0.4, -0.2) is 12.5 Å². The molecular weight excluding hydrogens is 255 g/mol. The molecule has 0 saturated carbocycles. The van der Waals surface area contributed by atoms with E-state index in [0.29, 0.717) is 12.1 Å². The second-order valence-corrected chi connectivity index (χ2v) is 4.85. The van der Waals surface area contributed by atoms with Gasteiger partial charge in [0.1, 0.15) is 5.82 Å². The Bertz CT molecular complexity index is 421. The van der Waals surface area contributed by atoms with Crippen LogP contribution < -0.4 is 11.1 Å². The Balaban J connectivity index is 0.00000289. The monoisotopic (exact) mass is 274 g/mol. The molecule has 1 aromatic carbocycles. The molecule has 1 amide bonds. The van der Waals surface area contributed by atoms with Crippen LogP contribution in [0.1, 0.15) is 25.0 Å². The van der Waals surface area contributed by atoms with Gasteiger partial charge < -0.3 is 11.1 Å². The van der Waals surface area contributed by atoms with Gasteiger partial charge in [-0.15, -0.1) is 12.4 Å². The zero-order valence-corrected chi connectivity index (χ0v) is 11.7. The van der Waals surface area contributed by atoms with Crippen molar-refractivity contribution in [1.82, 2.24) is 5.32 Å². The first-order chi connectivity index (χ1) is 7.86. The lowest BCUT2D eigenvalue weighted by Crippen LogP contribution is -2.41. The Kier molecular flexibility index (Phi) is 6.29. The summed E-state index contributed by atoms with van der Waals surface area (Å²) in [6, 6.07) is 4.93. The number of aryl methyl sites for hydroxylation is 1. The number of nitrogens with one attached hydrogen (secondary N) is 1. The van der Waals surface area contributed by atoms with Gasteiger partial charge in [-0.3, -0.25) is 4.79 Å². The number of carbonyl (C=O) groups excluding carboxylic acids is 1. The summed E-state index contributed by atoms with van der Waals surface area (Å²) in [6.45, 7) is 5.85. The van der Waals surface area contributed by atoms with E-state index < -0.39 is 5.41 Å². The lowest BCUT2D eigenvalue weighted by molar-refractivity contribution is -0.129. The zero-order valence-electron chi connectivity index (χ0n) is 10.9. The molecule has 0 saturated heterocycles. The Morgan fingerprint density at radius 2 is 2.06 bits per heavy atom. The Morgan fingerprint density at radius 1 is 1.44 bits per heavy atom. The molecule has 0 spiro atoms. The van der Waals surface area contributed by atoms with E-state index in [1.807, 2.05) is 0 Å². The highest BCUT2D eigenvalue weighted by Gasteiger charge is 2.25. The number of rotatable bonds is 4. The molecule has 0 radical (unpaired) electrons. The normalized spacial score (nSPS) is 10.7. The van der Waals surface area contributed by atoms with E-state index in [9.17, 15) is 9.18 Å². The fourth-order valence-corrected chi connectivity index (χ4v) is 1.26. The molecule has 0 atom stereocenters. The smallest absolute Gasteiger partial charge is 0.227 e. The summed E-state index contributed by atoms with van der Waals surface area (Å²) < 4.78 is 13.3. The third-order valence-corrected chi connectivity index (χ3v) is 2.81. The van der Waals surface area contributed by atoms with Gasteiger partial charge in [0.25, 0.3) is 0 Å². The van der Waals surface area contributed by atoms with Gasteiger partial charge in [-0.1, -0.05) is 12.1 Å². The predicted octanol–water partition coefficient (Wildman–Crippen LogP) is 2.16. The number of nitrogens with two attached hydrogens (primary N) is 1. The van der Waals surface area contributed by atoms with Crippen LogP contribution in [0.5, 0.6) is 0 Å². The van der Waals surface area contributed by atoms with Crippen molar-refractivity contribution in [2.45, 2.75) is 27.3 Å². The van der Waals surface area contributed by atoms with Gasteiger partial charge in [0.05, 0.1) is 5.41 Å². The third kappa shape index (κ3) is 4.27. The van der Waals surface area contributed by atoms with Crippen LogP contribution in [0.4, 0.5) is 4.39 Å². The molecule has 1 rings (SSSR count). The van der Waals surface area contributed by atoms with Gasteiger partial charge in [0.2, 0.25) is 5.91 Å². The SMILES string of the molecule is Cc1ccc(CNC(=O)C(C)(C)CN)cc1F.Cl. The van der Waals surface area contributed by atoms with Crippen LogP contribution in [0.2, 0.25) is 0 Å². The van der Waals surface area contributed by atoms with E-state index in [4.69, 9.17) is 5.73 Å². The van der Waals surface area contributed by atoms with E-state index in [2.05, 4.69) is 5.32 Å². The van der Waals surface area contributed by atoms with Crippen molar-refractivity contribution in [3.8, 4) is 0 Å². The van der Waals surface area contributed by atoms with E-state index in [-0.39, 0.29) is 30.7 Å². The summed E-state index contributed by atoms with van der Waals surface area (Å²) in [5, 5.41) is 2.75. The average molecular weight is 275 g/mol. The minimum absolute atomic E-state index is 0. The average Bonchev–Trinajstić information content (AvgIpc) is 2.30. The van der Waals surface area contributed by atoms with Crippen molar-refractivity contribution in [2.24, 2.45) is 11.1 Å². The minimum atomic E-state index is -0.594. The largest absolute Gasteiger partial charge is 0.352 e. The molecule has 0 aliphatic heterocycles. The van der Waals surface area contributed by atoms with Gasteiger partial charge in [0.15, 0.2) is 0 Å². The van der Waals surface area contributed by atoms with Crippen LogP contribution >= 0.6 is 12.4 Å². The van der Waals surface area contributed by atoms with Crippen LogP contribution in [0.15, 0.2) is 18.2 Å². The molecule has 3 nitrogen and oxygen atoms in total. The van der Waals surface area contributed by atoms with Gasteiger partial charge in [0, 0.05) is 13.1 Å². The summed E-state index contributed by atoms with van der Waals surface area (Å²) in [4.78, 5) is 11.7. The Hall–Kier alpha value is -1.13. The summed E-state index contributed by atoms with van der Waals surface area (Å²) in [6.07, 6.45) is 0. The van der Waals surface area contributed by atoms with Crippen molar-refractivity contribution >= 4 is 18.3 Å². The maximum Gasteiger partial charge on any atom is 0.227 e. The van der Waals surface area contributed by atoms with Gasteiger partial charge in [-0.05, 0) is 38.0 Å². The number of hydrogen-bond donors (Lipinski definition) is 2. The highest BCUT2D eigenvalue weighted by Crippen LogP contribution is 2.13. The van der Waals surface area contributed by atoms with Crippen molar-refractivity contribution in [2.75, 3.05) is 6.54 Å². The molecular formula is C13H20ClFN2O. The van der Waals surface area contributed by atoms with Crippen LogP contribution in [0, 0.1) is 18.2 Å². The van der Waals surface area contributed by atoms with Crippen molar-refractivity contribution in [3.05, 3.63) is 35.1 Å². The standard InChI is InChI=1S/C13H19FN2O.ClH/c1-9-4-5-10(6-11(9)14)7-16-12(17)13(2,3)8-15;/h4-6H,7-8,15H2,1-3H3,(H,16,17);1H. The molecule has 102 valence electrons. The second kappa shape index (κ2) is 6.71. The molecule has 0 aromatic heterocycles. The first kappa shape index (κ1) is 16.9. The summed E-state index contributed by atoms with van der Waals surface area (Å²) in [5.74, 6) is -0.379. The number of benzene rings is 1. The highest BCUT2D eigenvalue weighted by molar-refractivity contribution is 5.85. The van der Waals surface area contributed by atoms with Crippen molar-refractivity contribution in [3.63, 3.8) is 0 Å². The number of hydrogen-bond acceptors (Lipinski definition) is 2. The van der Waals surface area contributed by atoms with Crippen LogP contribution in [-0.2, 0) is 11.3 Å². The van der Waals surface area contributed by atoms with Crippen LogP contribution in [0.25, 0.3) is 0 Å². The maximum atomic E-state index is 13.3. The quantitative estimate of drug-likeness (QED) is 0.884. The summed E-state index contributed by atoms with van der Waals surface area (Å²) in [5.41, 5.74) is 6.25. The number of carbonyl (C=O) groups is 1. The van der Waals surface area contributed by atoms with E-state index in [1.54, 1.807) is 32.9 Å².